The van der Waals surface area contributed by atoms with Gasteiger partial charge < -0.3 is 0 Å². The van der Waals surface area contributed by atoms with Gasteiger partial charge in [-0.15, -0.1) is 0 Å². The molecule has 0 aliphatic rings. The van der Waals surface area contributed by atoms with Gasteiger partial charge in [0.15, 0.2) is 4.96 Å². The van der Waals surface area contributed by atoms with Crippen molar-refractivity contribution in [1.29, 1.82) is 0 Å². The number of imidazole rings is 1. The van der Waals surface area contributed by atoms with Crippen LogP contribution in [0, 0.1) is 6.92 Å². The van der Waals surface area contributed by atoms with Gasteiger partial charge in [-0.2, -0.15) is 0 Å². The first-order chi connectivity index (χ1) is 10.2. The smallest absolute Gasteiger partial charge is 0.267 e. The Bertz CT molecular complexity index is 1080. The summed E-state index contributed by atoms with van der Waals surface area (Å²) in [5.74, 6) is 0. The van der Waals surface area contributed by atoms with E-state index in [4.69, 9.17) is 0 Å². The Morgan fingerprint density at radius 1 is 1.10 bits per heavy atom. The summed E-state index contributed by atoms with van der Waals surface area (Å²) in [4.78, 5) is 17.9. The van der Waals surface area contributed by atoms with Crippen LogP contribution in [0.15, 0.2) is 53.3 Å². The number of hydrogen-bond acceptors (Lipinski definition) is 3. The molecule has 0 unspecified atom stereocenters. The number of nitrogens with zero attached hydrogens (tertiary/aromatic N) is 2. The lowest BCUT2D eigenvalue weighted by molar-refractivity contribution is 1.19. The summed E-state index contributed by atoms with van der Waals surface area (Å²) < 4.78 is 2.42. The number of rotatable bonds is 1. The van der Waals surface area contributed by atoms with Gasteiger partial charge in [0.25, 0.3) is 5.56 Å². The van der Waals surface area contributed by atoms with Crippen LogP contribution in [0.2, 0.25) is 0 Å². The second-order valence-electron chi connectivity index (χ2n) is 4.99. The fraction of sp³-hybridized carbons (Fsp3) is 0.0588. The van der Waals surface area contributed by atoms with Gasteiger partial charge in [-0.25, -0.2) is 9.38 Å². The summed E-state index contributed by atoms with van der Waals surface area (Å²) in [6, 6.07) is 15.8. The number of fused-ring (bicyclic) bond motifs is 3. The normalized spacial score (nSPS) is 12.5. The van der Waals surface area contributed by atoms with Crippen molar-refractivity contribution in [2.45, 2.75) is 6.92 Å². The molecule has 0 aliphatic carbocycles. The molecule has 0 amide bonds. The quantitative estimate of drug-likeness (QED) is 0.540. The van der Waals surface area contributed by atoms with Crippen LogP contribution < -0.4 is 10.1 Å². The van der Waals surface area contributed by atoms with Crippen LogP contribution in [0.25, 0.3) is 22.1 Å². The standard InChI is InChI=1S/C17H12N2OS/c1-11-6-2-3-7-12(11)10-15-16(20)19-14-9-5-4-8-13(14)18-17(19)21-15/h2-10H,1H3/b15-10+. The Kier molecular flexibility index (Phi) is 2.65. The number of thiazole rings is 1. The molecule has 0 saturated heterocycles. The minimum absolute atomic E-state index is 0.00644. The molecule has 2 heterocycles. The molecule has 0 spiro atoms. The van der Waals surface area contributed by atoms with E-state index in [0.717, 1.165) is 31.7 Å². The largest absolute Gasteiger partial charge is 0.274 e. The number of aromatic nitrogens is 2. The molecule has 4 rings (SSSR count). The predicted molar refractivity (Wildman–Crippen MR) is 86.8 cm³/mol. The zero-order valence-electron chi connectivity index (χ0n) is 11.4. The zero-order valence-corrected chi connectivity index (χ0v) is 12.2. The lowest BCUT2D eigenvalue weighted by Crippen LogP contribution is -2.22. The van der Waals surface area contributed by atoms with Crippen molar-refractivity contribution in [2.75, 3.05) is 0 Å². The summed E-state index contributed by atoms with van der Waals surface area (Å²) in [7, 11) is 0. The second-order valence-corrected chi connectivity index (χ2v) is 6.00. The zero-order chi connectivity index (χ0) is 14.4. The van der Waals surface area contributed by atoms with Crippen LogP contribution in [-0.2, 0) is 0 Å². The van der Waals surface area contributed by atoms with Gasteiger partial charge in [-0.1, -0.05) is 47.7 Å². The molecule has 4 heteroatoms. The molecule has 0 N–H and O–H groups in total. The Morgan fingerprint density at radius 2 is 1.86 bits per heavy atom. The Balaban J connectivity index is 2.06. The van der Waals surface area contributed by atoms with E-state index < -0.39 is 0 Å². The maximum absolute atomic E-state index is 12.6. The molecule has 0 saturated carbocycles. The molecule has 0 fully saturated rings. The maximum Gasteiger partial charge on any atom is 0.274 e. The van der Waals surface area contributed by atoms with Crippen molar-refractivity contribution < 1.29 is 0 Å². The number of hydrogen-bond donors (Lipinski definition) is 0. The van der Waals surface area contributed by atoms with E-state index in [1.165, 1.54) is 11.3 Å². The molecule has 0 radical (unpaired) electrons. The maximum atomic E-state index is 12.6. The highest BCUT2D eigenvalue weighted by atomic mass is 32.1. The highest BCUT2D eigenvalue weighted by Crippen LogP contribution is 2.16. The summed E-state index contributed by atoms with van der Waals surface area (Å²) >= 11 is 1.44. The van der Waals surface area contributed by atoms with Crippen molar-refractivity contribution >= 4 is 33.4 Å². The summed E-state index contributed by atoms with van der Waals surface area (Å²) in [5, 5.41) is 0. The average molecular weight is 292 g/mol. The summed E-state index contributed by atoms with van der Waals surface area (Å²) in [6.07, 6.45) is 1.95. The van der Waals surface area contributed by atoms with Crippen molar-refractivity contribution in [3.63, 3.8) is 0 Å². The van der Waals surface area contributed by atoms with Crippen molar-refractivity contribution in [2.24, 2.45) is 0 Å². The molecule has 102 valence electrons. The van der Waals surface area contributed by atoms with Gasteiger partial charge in [0.05, 0.1) is 15.6 Å². The number of para-hydroxylation sites is 2. The Morgan fingerprint density at radius 3 is 2.71 bits per heavy atom. The molecule has 2 aromatic carbocycles. The van der Waals surface area contributed by atoms with E-state index in [1.807, 2.05) is 61.5 Å². The van der Waals surface area contributed by atoms with Crippen LogP contribution in [0.4, 0.5) is 0 Å². The van der Waals surface area contributed by atoms with E-state index >= 15 is 0 Å². The van der Waals surface area contributed by atoms with Crippen LogP contribution in [-0.4, -0.2) is 9.38 Å². The van der Waals surface area contributed by atoms with Crippen molar-refractivity contribution in [3.05, 3.63) is 74.5 Å². The third kappa shape index (κ3) is 1.87. The lowest BCUT2D eigenvalue weighted by atomic mass is 10.1. The van der Waals surface area contributed by atoms with E-state index in [-0.39, 0.29) is 5.56 Å². The molecule has 4 aromatic rings. The van der Waals surface area contributed by atoms with Gasteiger partial charge in [-0.05, 0) is 36.3 Å². The first-order valence-electron chi connectivity index (χ1n) is 6.71. The number of benzene rings is 2. The minimum atomic E-state index is 0.00644. The van der Waals surface area contributed by atoms with Crippen LogP contribution >= 0.6 is 11.3 Å². The predicted octanol–water partition coefficient (Wildman–Crippen LogP) is 2.77. The van der Waals surface area contributed by atoms with E-state index in [2.05, 4.69) is 4.98 Å². The van der Waals surface area contributed by atoms with Crippen LogP contribution in [0.1, 0.15) is 11.1 Å². The molecular weight excluding hydrogens is 280 g/mol. The first-order valence-corrected chi connectivity index (χ1v) is 7.53. The summed E-state index contributed by atoms with van der Waals surface area (Å²) in [6.45, 7) is 2.05. The van der Waals surface area contributed by atoms with Gasteiger partial charge >= 0.3 is 0 Å². The monoisotopic (exact) mass is 292 g/mol. The Labute approximate surface area is 124 Å². The van der Waals surface area contributed by atoms with E-state index in [0.29, 0.717) is 0 Å². The molecule has 0 atom stereocenters. The van der Waals surface area contributed by atoms with Gasteiger partial charge in [0.1, 0.15) is 0 Å². The molecule has 0 aliphatic heterocycles. The van der Waals surface area contributed by atoms with Gasteiger partial charge in [0, 0.05) is 0 Å². The minimum Gasteiger partial charge on any atom is -0.267 e. The summed E-state index contributed by atoms with van der Waals surface area (Å²) in [5.41, 5.74) is 3.98. The van der Waals surface area contributed by atoms with E-state index in [9.17, 15) is 4.79 Å². The van der Waals surface area contributed by atoms with Crippen molar-refractivity contribution in [3.8, 4) is 0 Å². The molecule has 21 heavy (non-hydrogen) atoms. The highest BCUT2D eigenvalue weighted by Gasteiger charge is 2.10. The van der Waals surface area contributed by atoms with Crippen LogP contribution in [0.3, 0.4) is 0 Å². The molecule has 2 aromatic heterocycles. The van der Waals surface area contributed by atoms with Gasteiger partial charge in [0.2, 0.25) is 0 Å². The topological polar surface area (TPSA) is 34.4 Å². The third-order valence-corrected chi connectivity index (χ3v) is 4.59. The van der Waals surface area contributed by atoms with E-state index in [1.54, 1.807) is 4.40 Å². The SMILES string of the molecule is Cc1ccccc1/C=c1/sc2nc3ccccc3n2c1=O. The lowest BCUT2D eigenvalue weighted by Gasteiger charge is -1.96. The second kappa shape index (κ2) is 4.53. The molecular formula is C17H12N2OS. The first kappa shape index (κ1) is 12.3. The highest BCUT2D eigenvalue weighted by molar-refractivity contribution is 7.15. The fourth-order valence-electron chi connectivity index (χ4n) is 2.50. The molecule has 3 nitrogen and oxygen atoms in total. The molecule has 0 bridgehead atoms. The van der Waals surface area contributed by atoms with Crippen molar-refractivity contribution in [1.82, 2.24) is 9.38 Å². The number of aryl methyl sites for hydroxylation is 1. The third-order valence-electron chi connectivity index (χ3n) is 3.62. The van der Waals surface area contributed by atoms with Crippen LogP contribution in [0.5, 0.6) is 0 Å². The fourth-order valence-corrected chi connectivity index (χ4v) is 3.48. The van der Waals surface area contributed by atoms with Gasteiger partial charge in [-0.3, -0.25) is 4.79 Å². The average Bonchev–Trinajstić information content (AvgIpc) is 2.99. The Hall–Kier alpha value is -2.46.